The van der Waals surface area contributed by atoms with E-state index in [2.05, 4.69) is 20.2 Å². The predicted octanol–water partition coefficient (Wildman–Crippen LogP) is 0.835. The van der Waals surface area contributed by atoms with E-state index in [9.17, 15) is 9.59 Å². The van der Waals surface area contributed by atoms with E-state index in [-0.39, 0.29) is 18.5 Å². The van der Waals surface area contributed by atoms with Crippen LogP contribution in [0.25, 0.3) is 22.3 Å². The molecule has 0 bridgehead atoms. The molecule has 3 aromatic rings. The highest BCUT2D eigenvalue weighted by atomic mass is 16.5. The maximum absolute atomic E-state index is 11.7. The van der Waals surface area contributed by atoms with Crippen molar-refractivity contribution in [1.82, 2.24) is 20.2 Å². The van der Waals surface area contributed by atoms with E-state index >= 15 is 0 Å². The lowest BCUT2D eigenvalue weighted by Crippen LogP contribution is -1.99. The lowest BCUT2D eigenvalue weighted by molar-refractivity contribution is -0.104. The zero-order valence-electron chi connectivity index (χ0n) is 11.6. The van der Waals surface area contributed by atoms with Crippen molar-refractivity contribution in [2.24, 2.45) is 0 Å². The van der Waals surface area contributed by atoms with Crippen LogP contribution in [0.4, 0.5) is 0 Å². The van der Waals surface area contributed by atoms with Gasteiger partial charge in [-0.3, -0.25) is 14.7 Å². The Morgan fingerprint density at radius 1 is 1.50 bits per heavy atom. The summed E-state index contributed by atoms with van der Waals surface area (Å²) in [4.78, 5) is 29.7. The van der Waals surface area contributed by atoms with Crippen LogP contribution in [0.15, 0.2) is 18.5 Å². The Balaban J connectivity index is 2.27. The Hall–Kier alpha value is -3.00. The number of pyridine rings is 1. The molecule has 0 saturated heterocycles. The average molecular weight is 300 g/mol. The van der Waals surface area contributed by atoms with Crippen molar-refractivity contribution in [2.45, 2.75) is 6.61 Å². The monoisotopic (exact) mass is 300 g/mol. The quantitative estimate of drug-likeness (QED) is 0.364. The fourth-order valence-corrected chi connectivity index (χ4v) is 2.29. The number of nitrogens with zero attached hydrogens (tertiary/aromatic N) is 2. The van der Waals surface area contributed by atoms with Crippen molar-refractivity contribution in [3.8, 4) is 17.1 Å². The van der Waals surface area contributed by atoms with Gasteiger partial charge in [0.15, 0.2) is 6.29 Å². The zero-order chi connectivity index (χ0) is 15.7. The van der Waals surface area contributed by atoms with Crippen molar-refractivity contribution < 1.29 is 19.4 Å². The average Bonchev–Trinajstić information content (AvgIpc) is 3.20. The number of aromatic amines is 2. The molecule has 3 rings (SSSR count). The minimum absolute atomic E-state index is 0.175. The first-order valence-corrected chi connectivity index (χ1v) is 6.38. The number of nitrogens with one attached hydrogen (secondary N) is 2. The molecule has 0 spiro atoms. The minimum atomic E-state index is -0.653. The van der Waals surface area contributed by atoms with E-state index in [4.69, 9.17) is 9.84 Å². The van der Waals surface area contributed by atoms with Gasteiger partial charge in [-0.2, -0.15) is 5.10 Å². The summed E-state index contributed by atoms with van der Waals surface area (Å²) < 4.78 is 5.22. The molecule has 0 amide bonds. The first kappa shape index (κ1) is 14.0. The van der Waals surface area contributed by atoms with Gasteiger partial charge >= 0.3 is 0 Å². The number of rotatable bonds is 5. The van der Waals surface area contributed by atoms with Crippen LogP contribution in [0.3, 0.4) is 0 Å². The molecular weight excluding hydrogens is 288 g/mol. The molecule has 0 atom stereocenters. The Labute approximate surface area is 124 Å². The molecule has 0 aliphatic rings. The summed E-state index contributed by atoms with van der Waals surface area (Å²) in [7, 11) is 1.46. The SMILES string of the molecule is COc1cnc(-c2cc(CO)[nH]n2)c2[nH]cc(C(=O)C=O)c12. The fraction of sp³-hybridized carbons (Fsp3) is 0.143. The number of aliphatic hydroxyl groups excluding tert-OH is 1. The number of carbonyl (C=O) groups excluding carboxylic acids is 2. The normalized spacial score (nSPS) is 10.8. The summed E-state index contributed by atoms with van der Waals surface area (Å²) in [6.07, 6.45) is 3.15. The lowest BCUT2D eigenvalue weighted by Gasteiger charge is -2.05. The number of fused-ring (bicyclic) bond motifs is 1. The molecule has 8 heteroatoms. The summed E-state index contributed by atoms with van der Waals surface area (Å²) in [5, 5.41) is 16.3. The molecule has 8 nitrogen and oxygen atoms in total. The summed E-state index contributed by atoms with van der Waals surface area (Å²) in [6.45, 7) is -0.175. The van der Waals surface area contributed by atoms with Gasteiger partial charge in [-0.25, -0.2) is 4.98 Å². The summed E-state index contributed by atoms with van der Waals surface area (Å²) in [5.74, 6) is -0.275. The van der Waals surface area contributed by atoms with E-state index in [1.807, 2.05) is 0 Å². The van der Waals surface area contributed by atoms with Crippen LogP contribution in [-0.2, 0) is 11.4 Å². The first-order valence-electron chi connectivity index (χ1n) is 6.38. The smallest absolute Gasteiger partial charge is 0.227 e. The second-order valence-electron chi connectivity index (χ2n) is 4.55. The highest BCUT2D eigenvalue weighted by Gasteiger charge is 2.20. The largest absolute Gasteiger partial charge is 0.494 e. The molecule has 0 aromatic carbocycles. The number of methoxy groups -OCH3 is 1. The molecule has 0 saturated carbocycles. The van der Waals surface area contributed by atoms with Gasteiger partial charge in [0.05, 0.1) is 42.1 Å². The molecule has 3 N–H and O–H groups in total. The van der Waals surface area contributed by atoms with Gasteiger partial charge in [0.25, 0.3) is 0 Å². The molecule has 0 unspecified atom stereocenters. The summed E-state index contributed by atoms with van der Waals surface area (Å²) in [6, 6.07) is 1.65. The van der Waals surface area contributed by atoms with Crippen molar-refractivity contribution in [1.29, 1.82) is 0 Å². The number of hydrogen-bond acceptors (Lipinski definition) is 6. The van der Waals surface area contributed by atoms with E-state index in [1.165, 1.54) is 19.5 Å². The number of Topliss-reactive ketones (excluding diaryl/α,β-unsaturated/α-hetero) is 1. The Bertz CT molecular complexity index is 865. The molecule has 0 aliphatic heterocycles. The van der Waals surface area contributed by atoms with Crippen LogP contribution in [0.5, 0.6) is 5.75 Å². The van der Waals surface area contributed by atoms with E-state index in [0.29, 0.717) is 33.7 Å². The molecule has 0 radical (unpaired) electrons. The lowest BCUT2D eigenvalue weighted by atomic mass is 10.1. The molecule has 3 aromatic heterocycles. The van der Waals surface area contributed by atoms with Crippen LogP contribution in [0.2, 0.25) is 0 Å². The third kappa shape index (κ3) is 2.06. The Morgan fingerprint density at radius 3 is 2.95 bits per heavy atom. The third-order valence-corrected chi connectivity index (χ3v) is 3.31. The second-order valence-corrected chi connectivity index (χ2v) is 4.55. The Morgan fingerprint density at radius 2 is 2.32 bits per heavy atom. The summed E-state index contributed by atoms with van der Waals surface area (Å²) >= 11 is 0. The number of H-pyrrole nitrogens is 2. The van der Waals surface area contributed by atoms with Crippen molar-refractivity contribution in [3.05, 3.63) is 29.7 Å². The molecular formula is C14H12N4O4. The minimum Gasteiger partial charge on any atom is -0.494 e. The zero-order valence-corrected chi connectivity index (χ0v) is 11.6. The van der Waals surface area contributed by atoms with Gasteiger partial charge in [-0.1, -0.05) is 0 Å². The first-order chi connectivity index (χ1) is 10.7. The highest BCUT2D eigenvalue weighted by molar-refractivity contribution is 6.37. The summed E-state index contributed by atoms with van der Waals surface area (Å²) in [5.41, 5.74) is 2.26. The molecule has 22 heavy (non-hydrogen) atoms. The van der Waals surface area contributed by atoms with Gasteiger partial charge in [-0.05, 0) is 6.07 Å². The predicted molar refractivity (Wildman–Crippen MR) is 76.5 cm³/mol. The van der Waals surface area contributed by atoms with Crippen molar-refractivity contribution in [3.63, 3.8) is 0 Å². The molecule has 3 heterocycles. The van der Waals surface area contributed by atoms with Gasteiger partial charge in [-0.15, -0.1) is 0 Å². The van der Waals surface area contributed by atoms with Gasteiger partial charge in [0, 0.05) is 6.20 Å². The number of carbonyl (C=O) groups is 2. The number of aldehydes is 1. The Kier molecular flexibility index (Phi) is 3.43. The topological polar surface area (TPSA) is 121 Å². The molecule has 0 aliphatic carbocycles. The highest BCUT2D eigenvalue weighted by Crippen LogP contribution is 2.33. The van der Waals surface area contributed by atoms with Crippen molar-refractivity contribution >= 4 is 23.0 Å². The maximum atomic E-state index is 11.7. The number of aromatic nitrogens is 4. The molecule has 0 fully saturated rings. The molecule has 112 valence electrons. The fourth-order valence-electron chi connectivity index (χ4n) is 2.29. The van der Waals surface area contributed by atoms with Gasteiger partial charge in [0.2, 0.25) is 5.78 Å². The van der Waals surface area contributed by atoms with Crippen molar-refractivity contribution in [2.75, 3.05) is 7.11 Å². The van der Waals surface area contributed by atoms with Gasteiger partial charge < -0.3 is 14.8 Å². The standard InChI is InChI=1S/C14H12N4O4/c1-22-11-4-16-13(9-2-7(5-19)17-18-9)14-12(11)8(3-15-14)10(21)6-20/h2-4,6,15,19H,5H2,1H3,(H,17,18). The van der Waals surface area contributed by atoms with E-state index in [1.54, 1.807) is 6.07 Å². The van der Waals surface area contributed by atoms with Crippen LogP contribution in [-0.4, -0.2) is 44.5 Å². The number of aliphatic hydroxyl groups is 1. The number of ether oxygens (including phenoxy) is 1. The van der Waals surface area contributed by atoms with Crippen LogP contribution in [0.1, 0.15) is 16.1 Å². The number of ketones is 1. The van der Waals surface area contributed by atoms with Crippen LogP contribution >= 0.6 is 0 Å². The van der Waals surface area contributed by atoms with E-state index < -0.39 is 5.78 Å². The van der Waals surface area contributed by atoms with Gasteiger partial charge in [0.1, 0.15) is 17.1 Å². The number of hydrogen-bond donors (Lipinski definition) is 3. The third-order valence-electron chi connectivity index (χ3n) is 3.31. The van der Waals surface area contributed by atoms with Crippen LogP contribution in [0, 0.1) is 0 Å². The van der Waals surface area contributed by atoms with Crippen LogP contribution < -0.4 is 4.74 Å². The van der Waals surface area contributed by atoms with E-state index in [0.717, 1.165) is 0 Å². The maximum Gasteiger partial charge on any atom is 0.227 e. The second kappa shape index (κ2) is 5.41.